The van der Waals surface area contributed by atoms with Gasteiger partial charge in [0.25, 0.3) is 0 Å². The summed E-state index contributed by atoms with van der Waals surface area (Å²) in [5, 5.41) is 0. The fourth-order valence-electron chi connectivity index (χ4n) is 1.11. The van der Waals surface area contributed by atoms with Crippen LogP contribution in [0.2, 0.25) is 0 Å². The maximum Gasteiger partial charge on any atom is 0.0717 e. The second-order valence-electron chi connectivity index (χ2n) is 2.99. The van der Waals surface area contributed by atoms with Crippen molar-refractivity contribution in [1.82, 2.24) is 0 Å². The van der Waals surface area contributed by atoms with Gasteiger partial charge in [0, 0.05) is 0 Å². The van der Waals surface area contributed by atoms with Crippen molar-refractivity contribution < 1.29 is 4.74 Å². The lowest BCUT2D eigenvalue weighted by Crippen LogP contribution is -1.93. The molecule has 0 radical (unpaired) electrons. The minimum Gasteiger partial charge on any atom is -0.376 e. The van der Waals surface area contributed by atoms with Crippen molar-refractivity contribution in [2.75, 3.05) is 6.61 Å². The number of allylic oxidation sites excluding steroid dienone is 2. The van der Waals surface area contributed by atoms with Crippen LogP contribution >= 0.6 is 0 Å². The molecule has 0 saturated heterocycles. The minimum atomic E-state index is 0.697. The molecule has 0 atom stereocenters. The predicted molar refractivity (Wildman–Crippen MR) is 60.1 cm³/mol. The van der Waals surface area contributed by atoms with Gasteiger partial charge in [0.2, 0.25) is 0 Å². The zero-order valence-corrected chi connectivity index (χ0v) is 8.36. The topological polar surface area (TPSA) is 9.23 Å². The molecule has 0 saturated carbocycles. The Morgan fingerprint density at radius 3 is 2.71 bits per heavy atom. The molecule has 0 spiro atoms. The van der Waals surface area contributed by atoms with E-state index in [1.54, 1.807) is 6.08 Å². The van der Waals surface area contributed by atoms with Gasteiger partial charge >= 0.3 is 0 Å². The van der Waals surface area contributed by atoms with Gasteiger partial charge in [-0.15, -0.1) is 0 Å². The Hall–Kier alpha value is -1.34. The lowest BCUT2D eigenvalue weighted by Gasteiger charge is -2.01. The molecule has 1 rings (SSSR count). The van der Waals surface area contributed by atoms with Crippen LogP contribution in [-0.2, 0) is 11.3 Å². The van der Waals surface area contributed by atoms with Gasteiger partial charge in [-0.2, -0.15) is 0 Å². The summed E-state index contributed by atoms with van der Waals surface area (Å²) in [6.45, 7) is 5.06. The standard InChI is InChI=1S/C13H16O/c1-2-3-4-8-11-14-12-13-9-6-5-7-10-13/h2-7,9-10H,1,8,11-12H2/b4-3+. The van der Waals surface area contributed by atoms with Gasteiger partial charge in [-0.05, 0) is 12.0 Å². The SMILES string of the molecule is C=C/C=C/CCOCc1ccccc1. The zero-order chi connectivity index (χ0) is 10.1. The molecular weight excluding hydrogens is 172 g/mol. The minimum absolute atomic E-state index is 0.697. The molecule has 1 heteroatoms. The molecule has 0 heterocycles. The maximum atomic E-state index is 5.48. The Morgan fingerprint density at radius 2 is 2.00 bits per heavy atom. The number of hydrogen-bond donors (Lipinski definition) is 0. The molecule has 0 bridgehead atoms. The summed E-state index contributed by atoms with van der Waals surface area (Å²) in [6.07, 6.45) is 6.71. The van der Waals surface area contributed by atoms with Gasteiger partial charge in [-0.1, -0.05) is 55.1 Å². The van der Waals surface area contributed by atoms with Gasteiger partial charge < -0.3 is 4.74 Å². The molecule has 14 heavy (non-hydrogen) atoms. The number of hydrogen-bond acceptors (Lipinski definition) is 1. The third-order valence-corrected chi connectivity index (χ3v) is 1.81. The van der Waals surface area contributed by atoms with E-state index >= 15 is 0 Å². The first-order chi connectivity index (χ1) is 6.93. The molecule has 0 aromatic heterocycles. The Bertz CT molecular complexity index is 275. The summed E-state index contributed by atoms with van der Waals surface area (Å²) in [4.78, 5) is 0. The molecule has 74 valence electrons. The lowest BCUT2D eigenvalue weighted by atomic mass is 10.2. The number of ether oxygens (including phenoxy) is 1. The highest BCUT2D eigenvalue weighted by Crippen LogP contribution is 2.00. The molecule has 0 unspecified atom stereocenters. The second-order valence-corrected chi connectivity index (χ2v) is 2.99. The second kappa shape index (κ2) is 7.10. The van der Waals surface area contributed by atoms with Crippen molar-refractivity contribution in [3.05, 3.63) is 60.7 Å². The molecule has 1 aromatic carbocycles. The first-order valence-corrected chi connectivity index (χ1v) is 4.82. The number of rotatable bonds is 6. The monoisotopic (exact) mass is 188 g/mol. The summed E-state index contributed by atoms with van der Waals surface area (Å²) >= 11 is 0. The van der Waals surface area contributed by atoms with E-state index in [-0.39, 0.29) is 0 Å². The highest BCUT2D eigenvalue weighted by Gasteiger charge is 1.89. The average Bonchev–Trinajstić information content (AvgIpc) is 2.25. The quantitative estimate of drug-likeness (QED) is 0.491. The van der Waals surface area contributed by atoms with Crippen LogP contribution in [0, 0.1) is 0 Å². The van der Waals surface area contributed by atoms with Crippen LogP contribution in [0.5, 0.6) is 0 Å². The van der Waals surface area contributed by atoms with Crippen LogP contribution in [0.3, 0.4) is 0 Å². The van der Waals surface area contributed by atoms with Gasteiger partial charge in [-0.3, -0.25) is 0 Å². The molecule has 1 nitrogen and oxygen atoms in total. The van der Waals surface area contributed by atoms with E-state index in [0.717, 1.165) is 13.0 Å². The third-order valence-electron chi connectivity index (χ3n) is 1.81. The van der Waals surface area contributed by atoms with E-state index in [0.29, 0.717) is 6.61 Å². The van der Waals surface area contributed by atoms with Crippen molar-refractivity contribution in [3.8, 4) is 0 Å². The van der Waals surface area contributed by atoms with E-state index in [9.17, 15) is 0 Å². The molecule has 1 aromatic rings. The largest absolute Gasteiger partial charge is 0.376 e. The Labute approximate surface area is 85.7 Å². The van der Waals surface area contributed by atoms with E-state index < -0.39 is 0 Å². The normalized spacial score (nSPS) is 10.6. The van der Waals surface area contributed by atoms with Gasteiger partial charge in [0.05, 0.1) is 13.2 Å². The maximum absolute atomic E-state index is 5.48. The van der Waals surface area contributed by atoms with Gasteiger partial charge in [0.1, 0.15) is 0 Å². The lowest BCUT2D eigenvalue weighted by molar-refractivity contribution is 0.125. The van der Waals surface area contributed by atoms with Crippen LogP contribution in [-0.4, -0.2) is 6.61 Å². The molecule has 0 aliphatic heterocycles. The molecule has 0 amide bonds. The first-order valence-electron chi connectivity index (χ1n) is 4.82. The highest BCUT2D eigenvalue weighted by molar-refractivity contribution is 5.13. The Kier molecular flexibility index (Phi) is 5.45. The fourth-order valence-corrected chi connectivity index (χ4v) is 1.11. The zero-order valence-electron chi connectivity index (χ0n) is 8.36. The smallest absolute Gasteiger partial charge is 0.0717 e. The van der Waals surface area contributed by atoms with Crippen molar-refractivity contribution in [1.29, 1.82) is 0 Å². The van der Waals surface area contributed by atoms with Crippen molar-refractivity contribution in [3.63, 3.8) is 0 Å². The van der Waals surface area contributed by atoms with E-state index in [2.05, 4.69) is 24.8 Å². The van der Waals surface area contributed by atoms with Crippen molar-refractivity contribution in [2.24, 2.45) is 0 Å². The fraction of sp³-hybridized carbons (Fsp3) is 0.231. The summed E-state index contributed by atoms with van der Waals surface area (Å²) < 4.78 is 5.48. The van der Waals surface area contributed by atoms with Crippen LogP contribution < -0.4 is 0 Å². The van der Waals surface area contributed by atoms with E-state index in [4.69, 9.17) is 4.74 Å². The van der Waals surface area contributed by atoms with Gasteiger partial charge in [0.15, 0.2) is 0 Å². The molecule has 0 fully saturated rings. The number of benzene rings is 1. The Balaban J connectivity index is 2.10. The highest BCUT2D eigenvalue weighted by atomic mass is 16.5. The van der Waals surface area contributed by atoms with Crippen LogP contribution in [0.15, 0.2) is 55.1 Å². The summed E-state index contributed by atoms with van der Waals surface area (Å²) in [6, 6.07) is 10.2. The summed E-state index contributed by atoms with van der Waals surface area (Å²) in [7, 11) is 0. The van der Waals surface area contributed by atoms with Crippen LogP contribution in [0.25, 0.3) is 0 Å². The van der Waals surface area contributed by atoms with Crippen molar-refractivity contribution in [2.45, 2.75) is 13.0 Å². The van der Waals surface area contributed by atoms with Crippen molar-refractivity contribution >= 4 is 0 Å². The predicted octanol–water partition coefficient (Wildman–Crippen LogP) is 3.34. The van der Waals surface area contributed by atoms with Crippen LogP contribution in [0.4, 0.5) is 0 Å². The summed E-state index contributed by atoms with van der Waals surface area (Å²) in [5.74, 6) is 0. The molecule has 0 aliphatic rings. The molecular formula is C13H16O. The molecule has 0 aliphatic carbocycles. The molecule has 0 N–H and O–H groups in total. The average molecular weight is 188 g/mol. The summed E-state index contributed by atoms with van der Waals surface area (Å²) in [5.41, 5.74) is 1.22. The van der Waals surface area contributed by atoms with Gasteiger partial charge in [-0.25, -0.2) is 0 Å². The first kappa shape index (κ1) is 10.7. The Morgan fingerprint density at radius 1 is 1.21 bits per heavy atom. The third kappa shape index (κ3) is 4.63. The van der Waals surface area contributed by atoms with E-state index in [1.165, 1.54) is 5.56 Å². The van der Waals surface area contributed by atoms with E-state index in [1.807, 2.05) is 24.3 Å². The van der Waals surface area contributed by atoms with Crippen LogP contribution in [0.1, 0.15) is 12.0 Å².